The van der Waals surface area contributed by atoms with Crippen molar-refractivity contribution in [3.05, 3.63) is 29.8 Å². The number of carbonyl (C=O) groups is 1. The van der Waals surface area contributed by atoms with Crippen LogP contribution in [0.1, 0.15) is 31.2 Å². The molecule has 1 heterocycles. The van der Waals surface area contributed by atoms with Crippen molar-refractivity contribution < 1.29 is 49.6 Å². The monoisotopic (exact) mass is 440 g/mol. The molecule has 1 aromatic rings. The number of phenolic OH excluding ortho intramolecular Hbond substituents is 2. The number of aliphatic hydroxyl groups is 4. The Bertz CT molecular complexity index is 781. The minimum Gasteiger partial charge on any atom is -0.504 e. The normalized spacial score (nSPS) is 34.0. The lowest BCUT2D eigenvalue weighted by Gasteiger charge is -2.42. The summed E-state index contributed by atoms with van der Waals surface area (Å²) in [5.74, 6) is -1.40. The Hall–Kier alpha value is -2.21. The van der Waals surface area contributed by atoms with Gasteiger partial charge in [0.1, 0.15) is 31.0 Å². The van der Waals surface area contributed by atoms with Crippen LogP contribution in [0.25, 0.3) is 6.08 Å². The lowest BCUT2D eigenvalue weighted by molar-refractivity contribution is -0.319. The molecule has 0 spiro atoms. The van der Waals surface area contributed by atoms with Gasteiger partial charge in [-0.15, -0.1) is 0 Å². The van der Waals surface area contributed by atoms with Gasteiger partial charge in [-0.1, -0.05) is 18.9 Å². The average Bonchev–Trinajstić information content (AvgIpc) is 2.75. The highest BCUT2D eigenvalue weighted by Crippen LogP contribution is 2.28. The van der Waals surface area contributed by atoms with E-state index in [0.29, 0.717) is 18.4 Å². The summed E-state index contributed by atoms with van der Waals surface area (Å²) in [6.07, 6.45) is -3.07. The first-order valence-electron chi connectivity index (χ1n) is 10.2. The van der Waals surface area contributed by atoms with Crippen LogP contribution in [-0.2, 0) is 19.0 Å². The highest BCUT2D eigenvalue weighted by molar-refractivity contribution is 5.87. The van der Waals surface area contributed by atoms with Crippen molar-refractivity contribution in [2.45, 2.75) is 68.6 Å². The Morgan fingerprint density at radius 1 is 1.03 bits per heavy atom. The van der Waals surface area contributed by atoms with E-state index in [0.717, 1.165) is 18.9 Å². The largest absolute Gasteiger partial charge is 0.504 e. The molecule has 1 saturated carbocycles. The van der Waals surface area contributed by atoms with Crippen LogP contribution in [0.4, 0.5) is 0 Å². The van der Waals surface area contributed by atoms with Gasteiger partial charge in [-0.3, -0.25) is 0 Å². The predicted molar refractivity (Wildman–Crippen MR) is 106 cm³/mol. The number of carbonyl (C=O) groups excluding carboxylic acids is 1. The van der Waals surface area contributed by atoms with Gasteiger partial charge >= 0.3 is 5.97 Å². The summed E-state index contributed by atoms with van der Waals surface area (Å²) in [6.45, 7) is -0.415. The van der Waals surface area contributed by atoms with E-state index in [1.807, 2.05) is 0 Å². The van der Waals surface area contributed by atoms with Gasteiger partial charge in [0.25, 0.3) is 0 Å². The highest BCUT2D eigenvalue weighted by Gasteiger charge is 2.46. The Morgan fingerprint density at radius 2 is 1.77 bits per heavy atom. The number of rotatable bonds is 6. The predicted octanol–water partition coefficient (Wildman–Crippen LogP) is -0.218. The van der Waals surface area contributed by atoms with E-state index in [2.05, 4.69) is 0 Å². The van der Waals surface area contributed by atoms with Crippen LogP contribution < -0.4 is 0 Å². The zero-order valence-electron chi connectivity index (χ0n) is 16.8. The number of aliphatic hydroxyl groups excluding tert-OH is 4. The third kappa shape index (κ3) is 5.94. The summed E-state index contributed by atoms with van der Waals surface area (Å²) in [5.41, 5.74) is 0.444. The van der Waals surface area contributed by atoms with E-state index in [-0.39, 0.29) is 11.5 Å². The summed E-state index contributed by atoms with van der Waals surface area (Å²) in [6, 6.07) is 4.00. The van der Waals surface area contributed by atoms with Gasteiger partial charge in [0.2, 0.25) is 0 Å². The maximum atomic E-state index is 12.0. The van der Waals surface area contributed by atoms with Crippen LogP contribution in [0.3, 0.4) is 0 Å². The fourth-order valence-corrected chi connectivity index (χ4v) is 3.60. The Balaban J connectivity index is 1.55. The molecule has 172 valence electrons. The van der Waals surface area contributed by atoms with Crippen molar-refractivity contribution in [1.82, 2.24) is 0 Å². The number of esters is 1. The summed E-state index contributed by atoms with van der Waals surface area (Å²) < 4.78 is 16.2. The molecule has 0 bridgehead atoms. The summed E-state index contributed by atoms with van der Waals surface area (Å²) in [5, 5.41) is 59.3. The molecule has 7 atom stereocenters. The molecule has 1 aliphatic carbocycles. The van der Waals surface area contributed by atoms with E-state index < -0.39 is 55.5 Å². The first-order chi connectivity index (χ1) is 14.8. The van der Waals surface area contributed by atoms with Gasteiger partial charge in [0.15, 0.2) is 17.8 Å². The van der Waals surface area contributed by atoms with Gasteiger partial charge in [-0.05, 0) is 36.6 Å². The second-order valence-corrected chi connectivity index (χ2v) is 7.75. The SMILES string of the molecule is O=C(/C=C/c1ccc(O)c(O)c1)OC[C@H]1O[C@@H](O[C@@H]2CCCC[C@@H]2O)[C@H](O)[C@@H](O)[C@@H]1O. The second-order valence-electron chi connectivity index (χ2n) is 7.75. The molecule has 1 saturated heterocycles. The molecule has 2 aliphatic rings. The quantitative estimate of drug-likeness (QED) is 0.198. The molecular formula is C21H28O10. The Labute approximate surface area is 178 Å². The van der Waals surface area contributed by atoms with Crippen molar-refractivity contribution in [1.29, 1.82) is 0 Å². The first kappa shape index (κ1) is 23.5. The molecule has 0 amide bonds. The van der Waals surface area contributed by atoms with Gasteiger partial charge in [0, 0.05) is 6.08 Å². The standard InChI is InChI=1S/C21H28O10/c22-12-7-5-11(9-14(12)24)6-8-17(25)29-10-16-18(26)19(27)20(28)21(31-16)30-15-4-2-1-3-13(15)23/h5-9,13,15-16,18-24,26-28H,1-4,10H2/b8-6+/t13-,15+,16+,18+,19-,20+,21+/m0/s1. The van der Waals surface area contributed by atoms with Gasteiger partial charge in [-0.25, -0.2) is 4.79 Å². The van der Waals surface area contributed by atoms with Crippen LogP contribution in [0.15, 0.2) is 24.3 Å². The molecular weight excluding hydrogens is 412 g/mol. The topological polar surface area (TPSA) is 166 Å². The zero-order valence-corrected chi connectivity index (χ0v) is 16.8. The molecule has 1 aromatic carbocycles. The third-order valence-corrected chi connectivity index (χ3v) is 5.45. The maximum absolute atomic E-state index is 12.0. The average molecular weight is 440 g/mol. The second kappa shape index (κ2) is 10.4. The van der Waals surface area contributed by atoms with Gasteiger partial charge < -0.3 is 44.8 Å². The molecule has 31 heavy (non-hydrogen) atoms. The maximum Gasteiger partial charge on any atom is 0.330 e. The first-order valence-corrected chi connectivity index (χ1v) is 10.2. The van der Waals surface area contributed by atoms with Crippen LogP contribution in [0, 0.1) is 0 Å². The fraction of sp³-hybridized carbons (Fsp3) is 0.571. The Morgan fingerprint density at radius 3 is 2.48 bits per heavy atom. The van der Waals surface area contributed by atoms with E-state index in [4.69, 9.17) is 14.2 Å². The lowest BCUT2D eigenvalue weighted by atomic mass is 9.94. The van der Waals surface area contributed by atoms with E-state index in [1.54, 1.807) is 0 Å². The summed E-state index contributed by atoms with van der Waals surface area (Å²) >= 11 is 0. The van der Waals surface area contributed by atoms with Crippen LogP contribution >= 0.6 is 0 Å². The molecule has 3 rings (SSSR count). The minimum absolute atomic E-state index is 0.290. The molecule has 0 unspecified atom stereocenters. The van der Waals surface area contributed by atoms with Crippen LogP contribution in [0.5, 0.6) is 11.5 Å². The van der Waals surface area contributed by atoms with E-state index in [1.165, 1.54) is 24.3 Å². The summed E-state index contributed by atoms with van der Waals surface area (Å²) in [4.78, 5) is 12.0. The number of aromatic hydroxyl groups is 2. The third-order valence-electron chi connectivity index (χ3n) is 5.45. The highest BCUT2D eigenvalue weighted by atomic mass is 16.7. The molecule has 0 radical (unpaired) electrons. The van der Waals surface area contributed by atoms with Crippen molar-refractivity contribution in [2.75, 3.05) is 6.61 Å². The summed E-state index contributed by atoms with van der Waals surface area (Å²) in [7, 11) is 0. The number of phenols is 2. The molecule has 6 N–H and O–H groups in total. The number of hydrogen-bond acceptors (Lipinski definition) is 10. The smallest absolute Gasteiger partial charge is 0.330 e. The Kier molecular flexibility index (Phi) is 7.87. The van der Waals surface area contributed by atoms with Crippen molar-refractivity contribution in [3.8, 4) is 11.5 Å². The minimum atomic E-state index is -1.58. The van der Waals surface area contributed by atoms with E-state index in [9.17, 15) is 35.4 Å². The van der Waals surface area contributed by atoms with Gasteiger partial charge in [-0.2, -0.15) is 0 Å². The van der Waals surface area contributed by atoms with E-state index >= 15 is 0 Å². The number of ether oxygens (including phenoxy) is 3. The van der Waals surface area contributed by atoms with Crippen molar-refractivity contribution in [3.63, 3.8) is 0 Å². The zero-order chi connectivity index (χ0) is 22.5. The molecule has 10 heteroatoms. The van der Waals surface area contributed by atoms with Gasteiger partial charge in [0.05, 0.1) is 12.2 Å². The number of hydrogen-bond donors (Lipinski definition) is 6. The van der Waals surface area contributed by atoms with Crippen LogP contribution in [-0.4, -0.2) is 86.1 Å². The number of benzene rings is 1. The molecule has 1 aliphatic heterocycles. The molecule has 10 nitrogen and oxygen atoms in total. The lowest BCUT2D eigenvalue weighted by Crippen LogP contribution is -2.60. The van der Waals surface area contributed by atoms with Crippen LogP contribution in [0.2, 0.25) is 0 Å². The molecule has 2 fully saturated rings. The fourth-order valence-electron chi connectivity index (χ4n) is 3.60. The van der Waals surface area contributed by atoms with Crippen molar-refractivity contribution >= 4 is 12.0 Å². The molecule has 0 aromatic heterocycles. The van der Waals surface area contributed by atoms with Crippen molar-refractivity contribution in [2.24, 2.45) is 0 Å².